The third-order valence-electron chi connectivity index (χ3n) is 11.9. The molecule has 1 N–H and O–H groups in total. The van der Waals surface area contributed by atoms with Crippen molar-refractivity contribution in [1.29, 1.82) is 0 Å². The van der Waals surface area contributed by atoms with Gasteiger partial charge in [-0.1, -0.05) is 73.6 Å². The highest BCUT2D eigenvalue weighted by Crippen LogP contribution is 2.64. The molecule has 0 aliphatic heterocycles. The van der Waals surface area contributed by atoms with Gasteiger partial charge in [-0.25, -0.2) is 0 Å². The monoisotopic (exact) mass is 572 g/mol. The van der Waals surface area contributed by atoms with E-state index in [9.17, 15) is 5.11 Å². The molecule has 4 rings (SSSR count). The van der Waals surface area contributed by atoms with E-state index in [2.05, 4.69) is 91.5 Å². The Balaban J connectivity index is 1.52. The number of terminal acetylenes is 2. The van der Waals surface area contributed by atoms with Gasteiger partial charge in [0.15, 0.2) is 0 Å². The van der Waals surface area contributed by atoms with Crippen molar-refractivity contribution in [3.63, 3.8) is 0 Å². The number of fused-ring (bicyclic) bond motifs is 5. The van der Waals surface area contributed by atoms with E-state index in [0.717, 1.165) is 17.6 Å². The van der Waals surface area contributed by atoms with Crippen LogP contribution in [0.2, 0.25) is 16.6 Å². The van der Waals surface area contributed by atoms with Gasteiger partial charge in [0.1, 0.15) is 11.4 Å². The third kappa shape index (κ3) is 5.84. The van der Waals surface area contributed by atoms with E-state index < -0.39 is 13.9 Å². The zero-order chi connectivity index (χ0) is 30.2. The summed E-state index contributed by atoms with van der Waals surface area (Å²) in [4.78, 5) is 0. The SMILES string of the molecule is C#CCC(O)(/C=C/[C@@H](C)[C@H]1CC[C@H]2[C@@H]3CCc4cc(O[Si](C(C)C)(C(C)C)C(C)C)ccc4[C@H]3CC[C@]12C)CC#C. The fourth-order valence-electron chi connectivity index (χ4n) is 10.1. The molecule has 0 saturated heterocycles. The lowest BCUT2D eigenvalue weighted by Crippen LogP contribution is -2.50. The molecule has 2 nitrogen and oxygen atoms in total. The maximum atomic E-state index is 10.9. The lowest BCUT2D eigenvalue weighted by Gasteiger charge is -2.52. The minimum absolute atomic E-state index is 0.260. The summed E-state index contributed by atoms with van der Waals surface area (Å²) in [6.07, 6.45) is 23.3. The molecular weight excluding hydrogens is 517 g/mol. The Hall–Kier alpha value is -1.94. The van der Waals surface area contributed by atoms with Crippen LogP contribution >= 0.6 is 0 Å². The van der Waals surface area contributed by atoms with E-state index in [1.54, 1.807) is 11.1 Å². The van der Waals surface area contributed by atoms with Crippen LogP contribution in [0.5, 0.6) is 5.75 Å². The smallest absolute Gasteiger partial charge is 0.258 e. The maximum Gasteiger partial charge on any atom is 0.258 e. The van der Waals surface area contributed by atoms with Crippen molar-refractivity contribution in [2.24, 2.45) is 29.1 Å². The molecule has 1 aromatic carbocycles. The van der Waals surface area contributed by atoms with Crippen LogP contribution < -0.4 is 4.43 Å². The summed E-state index contributed by atoms with van der Waals surface area (Å²) < 4.78 is 7.08. The van der Waals surface area contributed by atoms with E-state index in [1.165, 1.54) is 38.5 Å². The molecule has 41 heavy (non-hydrogen) atoms. The van der Waals surface area contributed by atoms with Crippen LogP contribution in [-0.4, -0.2) is 19.0 Å². The summed E-state index contributed by atoms with van der Waals surface area (Å²) in [6.45, 7) is 19.1. The Morgan fingerprint density at radius 1 is 1.00 bits per heavy atom. The molecule has 3 aliphatic rings. The summed E-state index contributed by atoms with van der Waals surface area (Å²) in [6, 6.07) is 7.17. The summed E-state index contributed by atoms with van der Waals surface area (Å²) in [5.74, 6) is 9.56. The first kappa shape index (κ1) is 32.0. The van der Waals surface area contributed by atoms with Gasteiger partial charge in [-0.05, 0) is 113 Å². The largest absolute Gasteiger partial charge is 0.543 e. The van der Waals surface area contributed by atoms with E-state index in [4.69, 9.17) is 17.3 Å². The van der Waals surface area contributed by atoms with Crippen molar-refractivity contribution in [2.75, 3.05) is 0 Å². The first-order chi connectivity index (χ1) is 19.3. The van der Waals surface area contributed by atoms with Crippen molar-refractivity contribution >= 4 is 8.32 Å². The lowest BCUT2D eigenvalue weighted by molar-refractivity contribution is 0.0174. The molecule has 6 atom stereocenters. The molecular formula is C38H56O2Si. The number of aryl methyl sites for hydroxylation is 1. The number of hydrogen-bond donors (Lipinski definition) is 1. The fraction of sp³-hybridized carbons (Fsp3) is 0.684. The summed E-state index contributed by atoms with van der Waals surface area (Å²) in [7, 11) is -1.96. The standard InChI is InChI=1S/C38H56O2Si/c1-11-21-38(39,22-12-2)24-19-29(9)35-17-18-36-34-15-13-30-25-31(40-41(26(3)4,27(5)6)28(7)8)14-16-32(30)33(34)20-23-37(35,36)10/h1-2,14,16,19,24-29,33-36,39H,13,15,17-18,20-23H2,3-10H3/b24-19+/t29-,33-,34-,35-,36+,37-/m1/s1. The minimum Gasteiger partial charge on any atom is -0.543 e. The first-order valence-electron chi connectivity index (χ1n) is 16.4. The second-order valence-electron chi connectivity index (χ2n) is 15.0. The quantitative estimate of drug-likeness (QED) is 0.172. The summed E-state index contributed by atoms with van der Waals surface area (Å²) in [5, 5.41) is 10.9. The molecule has 224 valence electrons. The molecule has 3 aliphatic carbocycles. The van der Waals surface area contributed by atoms with Gasteiger partial charge in [-0.3, -0.25) is 0 Å². The number of hydrogen-bond acceptors (Lipinski definition) is 2. The maximum absolute atomic E-state index is 10.9. The van der Waals surface area contributed by atoms with Crippen molar-refractivity contribution in [1.82, 2.24) is 0 Å². The van der Waals surface area contributed by atoms with E-state index in [1.807, 2.05) is 6.08 Å². The molecule has 3 heteroatoms. The second-order valence-corrected chi connectivity index (χ2v) is 20.4. The molecule has 2 fully saturated rings. The molecule has 0 spiro atoms. The number of benzene rings is 1. The first-order valence-corrected chi connectivity index (χ1v) is 18.6. The van der Waals surface area contributed by atoms with Gasteiger partial charge in [0.2, 0.25) is 0 Å². The number of aliphatic hydroxyl groups is 1. The number of rotatable bonds is 10. The van der Waals surface area contributed by atoms with Gasteiger partial charge in [0.25, 0.3) is 8.32 Å². The molecule has 0 unspecified atom stereocenters. The minimum atomic E-state index is -1.96. The summed E-state index contributed by atoms with van der Waals surface area (Å²) in [5.41, 5.74) is 4.13. The lowest BCUT2D eigenvalue weighted by atomic mass is 9.53. The zero-order valence-corrected chi connectivity index (χ0v) is 28.2. The Bertz CT molecular complexity index is 1140. The van der Waals surface area contributed by atoms with Crippen LogP contribution in [0.1, 0.15) is 117 Å². The van der Waals surface area contributed by atoms with Crippen LogP contribution in [0.4, 0.5) is 0 Å². The Kier molecular flexibility index (Phi) is 9.63. The second kappa shape index (κ2) is 12.3. The van der Waals surface area contributed by atoms with Crippen molar-refractivity contribution in [3.8, 4) is 30.4 Å². The van der Waals surface area contributed by atoms with E-state index >= 15 is 0 Å². The topological polar surface area (TPSA) is 29.5 Å². The molecule has 0 amide bonds. The molecule has 0 heterocycles. The third-order valence-corrected chi connectivity index (χ3v) is 17.9. The highest BCUT2D eigenvalue weighted by molar-refractivity contribution is 6.78. The molecule has 1 aromatic rings. The van der Waals surface area contributed by atoms with E-state index in [-0.39, 0.29) is 12.8 Å². The zero-order valence-electron chi connectivity index (χ0n) is 27.2. The average Bonchev–Trinajstić information content (AvgIpc) is 3.27. The predicted octanol–water partition coefficient (Wildman–Crippen LogP) is 9.68. The molecule has 0 radical (unpaired) electrons. The average molecular weight is 573 g/mol. The Morgan fingerprint density at radius 2 is 1.63 bits per heavy atom. The molecule has 0 bridgehead atoms. The van der Waals surface area contributed by atoms with Crippen molar-refractivity contribution in [2.45, 2.75) is 135 Å². The van der Waals surface area contributed by atoms with Crippen LogP contribution in [0.15, 0.2) is 30.4 Å². The fourth-order valence-corrected chi connectivity index (χ4v) is 15.3. The van der Waals surface area contributed by atoms with Crippen LogP contribution in [0.3, 0.4) is 0 Å². The van der Waals surface area contributed by atoms with Crippen molar-refractivity contribution in [3.05, 3.63) is 41.5 Å². The normalized spacial score (nSPS) is 28.7. The van der Waals surface area contributed by atoms with Gasteiger partial charge >= 0.3 is 0 Å². The molecule has 2 saturated carbocycles. The summed E-state index contributed by atoms with van der Waals surface area (Å²) >= 11 is 0. The van der Waals surface area contributed by atoms with Gasteiger partial charge < -0.3 is 9.53 Å². The number of allylic oxidation sites excluding steroid dienone is 1. The van der Waals surface area contributed by atoms with Gasteiger partial charge in [0.05, 0.1) is 0 Å². The van der Waals surface area contributed by atoms with Crippen LogP contribution in [0.25, 0.3) is 0 Å². The Morgan fingerprint density at radius 3 is 2.22 bits per heavy atom. The predicted molar refractivity (Wildman–Crippen MR) is 176 cm³/mol. The Labute approximate surface area is 253 Å². The van der Waals surface area contributed by atoms with Crippen molar-refractivity contribution < 1.29 is 9.53 Å². The van der Waals surface area contributed by atoms with Gasteiger partial charge in [-0.15, -0.1) is 24.7 Å². The van der Waals surface area contributed by atoms with Gasteiger partial charge in [-0.2, -0.15) is 0 Å². The highest BCUT2D eigenvalue weighted by atomic mass is 28.4. The highest BCUT2D eigenvalue weighted by Gasteiger charge is 2.55. The van der Waals surface area contributed by atoms with Crippen LogP contribution in [-0.2, 0) is 6.42 Å². The van der Waals surface area contributed by atoms with E-state index in [0.29, 0.717) is 39.8 Å². The molecule has 0 aromatic heterocycles. The van der Waals surface area contributed by atoms with Gasteiger partial charge in [0, 0.05) is 12.8 Å². The van der Waals surface area contributed by atoms with Crippen LogP contribution in [0, 0.1) is 53.8 Å².